The van der Waals surface area contributed by atoms with Crippen molar-refractivity contribution in [3.8, 4) is 17.0 Å². The van der Waals surface area contributed by atoms with E-state index in [-0.39, 0.29) is 11.8 Å². The molecule has 0 aliphatic carbocycles. The summed E-state index contributed by atoms with van der Waals surface area (Å²) in [6.45, 7) is 5.33. The molecular formula is C28H33N5O2. The van der Waals surface area contributed by atoms with E-state index in [4.69, 9.17) is 9.72 Å². The molecule has 2 aromatic heterocycles. The zero-order valence-electron chi connectivity index (χ0n) is 20.6. The highest BCUT2D eigenvalue weighted by molar-refractivity contribution is 5.95. The fraction of sp³-hybridized carbons (Fsp3) is 0.393. The number of hydrogen-bond donors (Lipinski definition) is 0. The number of nitrogens with zero attached hydrogens (tertiary/aromatic N) is 5. The molecule has 1 unspecified atom stereocenters. The van der Waals surface area contributed by atoms with Gasteiger partial charge in [0.15, 0.2) is 0 Å². The summed E-state index contributed by atoms with van der Waals surface area (Å²) in [5.74, 6) is 1.99. The Kier molecular flexibility index (Phi) is 6.95. The fourth-order valence-corrected chi connectivity index (χ4v) is 5.03. The van der Waals surface area contributed by atoms with Crippen molar-refractivity contribution in [1.29, 1.82) is 0 Å². The number of likely N-dealkylation sites (tertiary alicyclic amines) is 1. The van der Waals surface area contributed by atoms with Crippen molar-refractivity contribution < 1.29 is 9.53 Å². The lowest BCUT2D eigenvalue weighted by molar-refractivity contribution is 0.0706. The van der Waals surface area contributed by atoms with E-state index < -0.39 is 0 Å². The first-order valence-corrected chi connectivity index (χ1v) is 12.4. The average Bonchev–Trinajstić information content (AvgIpc) is 2.93. The minimum atomic E-state index is 0.0772. The maximum Gasteiger partial charge on any atom is 0.254 e. The van der Waals surface area contributed by atoms with E-state index in [1.165, 1.54) is 0 Å². The number of pyridine rings is 2. The summed E-state index contributed by atoms with van der Waals surface area (Å²) in [5, 5.41) is 0. The van der Waals surface area contributed by atoms with Crippen LogP contribution in [-0.2, 0) is 0 Å². The Hall–Kier alpha value is -3.45. The number of ether oxygens (including phenoxy) is 1. The highest BCUT2D eigenvalue weighted by Crippen LogP contribution is 2.32. The standard InChI is InChI=1S/C28H33N5O2/c1-31-15-17-32(18-16-31)27-19-21(12-13-29-27)28(34)33-14-6-7-22(20-33)24-9-5-10-25(30-24)23-8-3-4-11-26(23)35-2/h3-5,8-13,19,22H,6-7,14-18,20H2,1-2H3. The summed E-state index contributed by atoms with van der Waals surface area (Å²) < 4.78 is 5.54. The summed E-state index contributed by atoms with van der Waals surface area (Å²) in [6, 6.07) is 17.9. The second kappa shape index (κ2) is 10.4. The van der Waals surface area contributed by atoms with Gasteiger partial charge in [-0.2, -0.15) is 0 Å². The topological polar surface area (TPSA) is 61.8 Å². The smallest absolute Gasteiger partial charge is 0.254 e. The van der Waals surface area contributed by atoms with Gasteiger partial charge in [-0.25, -0.2) is 4.98 Å². The predicted octanol–water partition coefficient (Wildman–Crippen LogP) is 3.92. The van der Waals surface area contributed by atoms with E-state index in [2.05, 4.69) is 34.0 Å². The minimum Gasteiger partial charge on any atom is -0.496 e. The van der Waals surface area contributed by atoms with Crippen molar-refractivity contribution >= 4 is 11.7 Å². The van der Waals surface area contributed by atoms with Crippen LogP contribution in [0.3, 0.4) is 0 Å². The van der Waals surface area contributed by atoms with Crippen molar-refractivity contribution in [3.05, 3.63) is 72.1 Å². The molecule has 2 aliphatic rings. The third-order valence-corrected chi connectivity index (χ3v) is 7.10. The molecular weight excluding hydrogens is 438 g/mol. The number of likely N-dealkylation sites (N-methyl/N-ethyl adjacent to an activating group) is 1. The van der Waals surface area contributed by atoms with Gasteiger partial charge in [0.2, 0.25) is 0 Å². The number of piperazine rings is 1. The summed E-state index contributed by atoms with van der Waals surface area (Å²) in [4.78, 5) is 29.6. The second-order valence-electron chi connectivity index (χ2n) is 9.43. The number of para-hydroxylation sites is 1. The van der Waals surface area contributed by atoms with E-state index in [0.717, 1.165) is 74.1 Å². The number of carbonyl (C=O) groups is 1. The zero-order chi connectivity index (χ0) is 24.2. The predicted molar refractivity (Wildman–Crippen MR) is 138 cm³/mol. The molecule has 0 spiro atoms. The van der Waals surface area contributed by atoms with Gasteiger partial charge >= 0.3 is 0 Å². The van der Waals surface area contributed by atoms with Crippen LogP contribution in [0.1, 0.15) is 34.8 Å². The van der Waals surface area contributed by atoms with Crippen LogP contribution in [0.2, 0.25) is 0 Å². The monoisotopic (exact) mass is 471 g/mol. The molecule has 0 N–H and O–H groups in total. The maximum atomic E-state index is 13.5. The molecule has 2 fully saturated rings. The number of aromatic nitrogens is 2. The molecule has 35 heavy (non-hydrogen) atoms. The molecule has 1 atom stereocenters. The number of carbonyl (C=O) groups excluding carboxylic acids is 1. The Morgan fingerprint density at radius 3 is 2.66 bits per heavy atom. The first kappa shape index (κ1) is 23.3. The lowest BCUT2D eigenvalue weighted by Crippen LogP contribution is -2.45. The number of amides is 1. The van der Waals surface area contributed by atoms with Crippen LogP contribution >= 0.6 is 0 Å². The van der Waals surface area contributed by atoms with Crippen LogP contribution in [0, 0.1) is 0 Å². The van der Waals surface area contributed by atoms with E-state index in [9.17, 15) is 4.79 Å². The molecule has 2 aliphatic heterocycles. The molecule has 0 saturated carbocycles. The van der Waals surface area contributed by atoms with Crippen LogP contribution in [0.5, 0.6) is 5.75 Å². The normalized spacial score (nSPS) is 19.0. The van der Waals surface area contributed by atoms with Gasteiger partial charge in [-0.3, -0.25) is 9.78 Å². The third kappa shape index (κ3) is 5.15. The summed E-state index contributed by atoms with van der Waals surface area (Å²) in [7, 11) is 3.82. The molecule has 7 nitrogen and oxygen atoms in total. The Bertz CT molecular complexity index is 1180. The SMILES string of the molecule is COc1ccccc1-c1cccc(C2CCCN(C(=O)c3ccnc(N4CCN(C)CC4)c3)C2)n1. The van der Waals surface area contributed by atoms with Gasteiger partial charge < -0.3 is 19.4 Å². The molecule has 5 rings (SSSR count). The van der Waals surface area contributed by atoms with E-state index in [0.29, 0.717) is 12.1 Å². The molecule has 0 radical (unpaired) electrons. The van der Waals surface area contributed by atoms with E-state index in [1.54, 1.807) is 13.3 Å². The van der Waals surface area contributed by atoms with Gasteiger partial charge in [0, 0.05) is 68.2 Å². The highest BCUT2D eigenvalue weighted by atomic mass is 16.5. The summed E-state index contributed by atoms with van der Waals surface area (Å²) in [5.41, 5.74) is 3.62. The molecule has 4 heterocycles. The van der Waals surface area contributed by atoms with Gasteiger partial charge in [-0.05, 0) is 56.3 Å². The molecule has 2 saturated heterocycles. The lowest BCUT2D eigenvalue weighted by atomic mass is 9.93. The second-order valence-corrected chi connectivity index (χ2v) is 9.43. The van der Waals surface area contributed by atoms with Crippen molar-refractivity contribution in [2.75, 3.05) is 58.3 Å². The Balaban J connectivity index is 1.32. The molecule has 1 aromatic carbocycles. The van der Waals surface area contributed by atoms with Crippen molar-refractivity contribution in [1.82, 2.24) is 19.8 Å². The van der Waals surface area contributed by atoms with Gasteiger partial charge in [0.25, 0.3) is 5.91 Å². The lowest BCUT2D eigenvalue weighted by Gasteiger charge is -2.34. The van der Waals surface area contributed by atoms with Crippen LogP contribution in [0.15, 0.2) is 60.8 Å². The van der Waals surface area contributed by atoms with Gasteiger partial charge in [-0.1, -0.05) is 18.2 Å². The van der Waals surface area contributed by atoms with Crippen LogP contribution in [0.4, 0.5) is 5.82 Å². The molecule has 1 amide bonds. The summed E-state index contributed by atoms with van der Waals surface area (Å²) in [6.07, 6.45) is 3.75. The first-order valence-electron chi connectivity index (χ1n) is 12.4. The van der Waals surface area contributed by atoms with Crippen LogP contribution < -0.4 is 9.64 Å². The fourth-order valence-electron chi connectivity index (χ4n) is 5.03. The van der Waals surface area contributed by atoms with Gasteiger partial charge in [0.05, 0.1) is 12.8 Å². The van der Waals surface area contributed by atoms with Crippen molar-refractivity contribution in [2.24, 2.45) is 0 Å². The van der Waals surface area contributed by atoms with Crippen molar-refractivity contribution in [3.63, 3.8) is 0 Å². The molecule has 3 aromatic rings. The van der Waals surface area contributed by atoms with Crippen molar-refractivity contribution in [2.45, 2.75) is 18.8 Å². The van der Waals surface area contributed by atoms with Crippen LogP contribution in [0.25, 0.3) is 11.3 Å². The zero-order valence-corrected chi connectivity index (χ0v) is 20.6. The van der Waals surface area contributed by atoms with Crippen LogP contribution in [-0.4, -0.2) is 79.1 Å². The molecule has 182 valence electrons. The quantitative estimate of drug-likeness (QED) is 0.562. The maximum absolute atomic E-state index is 13.5. The number of hydrogen-bond acceptors (Lipinski definition) is 6. The largest absolute Gasteiger partial charge is 0.496 e. The first-order chi connectivity index (χ1) is 17.1. The minimum absolute atomic E-state index is 0.0772. The number of piperidine rings is 1. The number of benzene rings is 1. The van der Waals surface area contributed by atoms with E-state index in [1.807, 2.05) is 47.4 Å². The number of rotatable bonds is 5. The highest BCUT2D eigenvalue weighted by Gasteiger charge is 2.27. The molecule has 0 bridgehead atoms. The van der Waals surface area contributed by atoms with E-state index >= 15 is 0 Å². The summed E-state index contributed by atoms with van der Waals surface area (Å²) >= 11 is 0. The number of anilines is 1. The molecule has 7 heteroatoms. The Morgan fingerprint density at radius 2 is 1.83 bits per heavy atom. The Morgan fingerprint density at radius 1 is 1.00 bits per heavy atom. The average molecular weight is 472 g/mol. The van der Waals surface area contributed by atoms with Gasteiger partial charge in [0.1, 0.15) is 11.6 Å². The third-order valence-electron chi connectivity index (χ3n) is 7.10. The van der Waals surface area contributed by atoms with Gasteiger partial charge in [-0.15, -0.1) is 0 Å². The Labute approximate surface area is 207 Å². The number of methoxy groups -OCH3 is 1.